The van der Waals surface area contributed by atoms with E-state index in [2.05, 4.69) is 18.9 Å². The minimum atomic E-state index is -1.07. The molecule has 34 heavy (non-hydrogen) atoms. The molecule has 1 atom stereocenters. The first kappa shape index (κ1) is 31.2. The Labute approximate surface area is 198 Å². The van der Waals surface area contributed by atoms with Crippen molar-refractivity contribution in [2.75, 3.05) is 94.5 Å². The lowest BCUT2D eigenvalue weighted by molar-refractivity contribution is -0.151. The zero-order chi connectivity index (χ0) is 26.1. The summed E-state index contributed by atoms with van der Waals surface area (Å²) in [5.74, 6) is -3.02. The van der Waals surface area contributed by atoms with E-state index in [1.165, 1.54) is 45.3 Å². The zero-order valence-corrected chi connectivity index (χ0v) is 20.3. The van der Waals surface area contributed by atoms with Gasteiger partial charge in [-0.2, -0.15) is 0 Å². The van der Waals surface area contributed by atoms with Crippen molar-refractivity contribution in [2.45, 2.75) is 6.04 Å². The SMILES string of the molecule is COC(=O)CN(CCN(CCN(CC(=O)OC)CC(=O)OC)C(CO)C(=O)OC)CC(=O)OC. The molecule has 0 rings (SSSR count). The number of nitrogens with zero attached hydrogens (tertiary/aromatic N) is 3. The van der Waals surface area contributed by atoms with Gasteiger partial charge in [-0.05, 0) is 0 Å². The van der Waals surface area contributed by atoms with Crippen molar-refractivity contribution >= 4 is 29.8 Å². The second-order valence-corrected chi connectivity index (χ2v) is 6.98. The minimum absolute atomic E-state index is 0.110. The van der Waals surface area contributed by atoms with E-state index in [-0.39, 0.29) is 52.4 Å². The molecule has 0 aromatic rings. The molecule has 0 aliphatic rings. The van der Waals surface area contributed by atoms with Crippen LogP contribution in [0.4, 0.5) is 0 Å². The number of methoxy groups -OCH3 is 5. The van der Waals surface area contributed by atoms with Crippen LogP contribution >= 0.6 is 0 Å². The topological polar surface area (TPSA) is 161 Å². The largest absolute Gasteiger partial charge is 0.468 e. The highest BCUT2D eigenvalue weighted by molar-refractivity contribution is 5.76. The van der Waals surface area contributed by atoms with Gasteiger partial charge in [0.15, 0.2) is 0 Å². The molecule has 1 unspecified atom stereocenters. The van der Waals surface area contributed by atoms with Crippen molar-refractivity contribution in [3.05, 3.63) is 0 Å². The highest BCUT2D eigenvalue weighted by Gasteiger charge is 2.28. The first-order chi connectivity index (χ1) is 16.1. The van der Waals surface area contributed by atoms with E-state index in [1.54, 1.807) is 4.90 Å². The molecule has 0 bridgehead atoms. The summed E-state index contributed by atoms with van der Waals surface area (Å²) in [5, 5.41) is 9.80. The molecule has 0 aliphatic heterocycles. The first-order valence-corrected chi connectivity index (χ1v) is 10.3. The van der Waals surface area contributed by atoms with Crippen molar-refractivity contribution in [1.82, 2.24) is 14.7 Å². The first-order valence-electron chi connectivity index (χ1n) is 10.3. The van der Waals surface area contributed by atoms with Gasteiger partial charge in [0.05, 0.1) is 68.3 Å². The number of aliphatic hydroxyl groups excluding tert-OH is 1. The summed E-state index contributed by atoms with van der Waals surface area (Å²) in [7, 11) is 6.01. The molecule has 0 radical (unpaired) electrons. The van der Waals surface area contributed by atoms with E-state index in [0.717, 1.165) is 0 Å². The average Bonchev–Trinajstić information content (AvgIpc) is 2.84. The van der Waals surface area contributed by atoms with Gasteiger partial charge in [-0.3, -0.25) is 38.7 Å². The van der Waals surface area contributed by atoms with Crippen molar-refractivity contribution in [3.63, 3.8) is 0 Å². The summed E-state index contributed by atoms with van der Waals surface area (Å²) < 4.78 is 23.3. The van der Waals surface area contributed by atoms with Crippen LogP contribution in [0.25, 0.3) is 0 Å². The third-order valence-electron chi connectivity index (χ3n) is 4.82. The van der Waals surface area contributed by atoms with E-state index in [1.807, 2.05) is 0 Å². The van der Waals surface area contributed by atoms with Crippen molar-refractivity contribution in [3.8, 4) is 0 Å². The van der Waals surface area contributed by atoms with Gasteiger partial charge >= 0.3 is 29.8 Å². The number of esters is 5. The summed E-state index contributed by atoms with van der Waals surface area (Å²) in [5.41, 5.74) is 0. The molecule has 0 aliphatic carbocycles. The summed E-state index contributed by atoms with van der Waals surface area (Å²) in [6.45, 7) is -0.962. The number of hydrogen-bond acceptors (Lipinski definition) is 14. The fraction of sp³-hybridized carbons (Fsp3) is 0.750. The second kappa shape index (κ2) is 17.6. The van der Waals surface area contributed by atoms with Crippen molar-refractivity contribution in [1.29, 1.82) is 0 Å². The highest BCUT2D eigenvalue weighted by Crippen LogP contribution is 2.05. The van der Waals surface area contributed by atoms with Gasteiger partial charge in [-0.15, -0.1) is 0 Å². The van der Waals surface area contributed by atoms with Crippen LogP contribution in [0, 0.1) is 0 Å². The smallest absolute Gasteiger partial charge is 0.325 e. The third-order valence-corrected chi connectivity index (χ3v) is 4.82. The molecular weight excluding hydrogens is 458 g/mol. The Morgan fingerprint density at radius 2 is 0.912 bits per heavy atom. The molecule has 14 nitrogen and oxygen atoms in total. The summed E-state index contributed by atoms with van der Waals surface area (Å²) in [6, 6.07) is -1.07. The van der Waals surface area contributed by atoms with Gasteiger partial charge < -0.3 is 28.8 Å². The highest BCUT2D eigenvalue weighted by atomic mass is 16.5. The van der Waals surface area contributed by atoms with Gasteiger partial charge in [-0.25, -0.2) is 0 Å². The zero-order valence-electron chi connectivity index (χ0n) is 20.3. The van der Waals surface area contributed by atoms with Crippen LogP contribution in [0.2, 0.25) is 0 Å². The number of hydrogen-bond donors (Lipinski definition) is 1. The number of carbonyl (C=O) groups is 5. The molecule has 0 amide bonds. The molecule has 0 fully saturated rings. The van der Waals surface area contributed by atoms with Crippen LogP contribution in [0.5, 0.6) is 0 Å². The molecule has 0 aromatic carbocycles. The van der Waals surface area contributed by atoms with Crippen LogP contribution in [-0.2, 0) is 47.7 Å². The maximum atomic E-state index is 12.2. The third kappa shape index (κ3) is 12.4. The lowest BCUT2D eigenvalue weighted by Crippen LogP contribution is -2.51. The Kier molecular flexibility index (Phi) is 16.2. The fourth-order valence-corrected chi connectivity index (χ4v) is 2.85. The number of rotatable bonds is 17. The van der Waals surface area contributed by atoms with Crippen LogP contribution < -0.4 is 0 Å². The van der Waals surface area contributed by atoms with Crippen LogP contribution in [-0.4, -0.2) is 150 Å². The molecule has 0 aromatic heterocycles. The van der Waals surface area contributed by atoms with Crippen molar-refractivity contribution in [2.24, 2.45) is 0 Å². The van der Waals surface area contributed by atoms with E-state index in [4.69, 9.17) is 4.74 Å². The predicted molar refractivity (Wildman–Crippen MR) is 115 cm³/mol. The maximum absolute atomic E-state index is 12.2. The molecule has 1 N–H and O–H groups in total. The fourth-order valence-electron chi connectivity index (χ4n) is 2.85. The average molecular weight is 494 g/mol. The quantitative estimate of drug-likeness (QED) is 0.162. The second-order valence-electron chi connectivity index (χ2n) is 6.98. The Morgan fingerprint density at radius 3 is 1.15 bits per heavy atom. The van der Waals surface area contributed by atoms with E-state index < -0.39 is 42.5 Å². The Morgan fingerprint density at radius 1 is 0.588 bits per heavy atom. The Balaban J connectivity index is 5.55. The summed E-state index contributed by atoms with van der Waals surface area (Å²) >= 11 is 0. The standard InChI is InChI=1S/C20H35N3O11/c1-30-16(25)10-21(11-17(26)31-2)6-8-23(15(14-24)20(29)34-5)9-7-22(12-18(27)32-3)13-19(28)33-4/h15,24H,6-14H2,1-5H3. The van der Waals surface area contributed by atoms with Gasteiger partial charge in [-0.1, -0.05) is 0 Å². The minimum Gasteiger partial charge on any atom is -0.468 e. The lowest BCUT2D eigenvalue weighted by Gasteiger charge is -2.32. The van der Waals surface area contributed by atoms with Crippen LogP contribution in [0.1, 0.15) is 0 Å². The molecule has 14 heteroatoms. The predicted octanol–water partition coefficient (Wildman–Crippen LogP) is -2.88. The molecular formula is C20H35N3O11. The Hall–Kier alpha value is -2.81. The lowest BCUT2D eigenvalue weighted by atomic mass is 10.2. The molecule has 0 spiro atoms. The number of carbonyl (C=O) groups excluding carboxylic acids is 5. The van der Waals surface area contributed by atoms with Crippen LogP contribution in [0.15, 0.2) is 0 Å². The molecule has 0 saturated heterocycles. The van der Waals surface area contributed by atoms with E-state index in [0.29, 0.717) is 0 Å². The molecule has 0 saturated carbocycles. The van der Waals surface area contributed by atoms with Gasteiger partial charge in [0.2, 0.25) is 0 Å². The number of ether oxygens (including phenoxy) is 5. The molecule has 196 valence electrons. The van der Waals surface area contributed by atoms with Gasteiger partial charge in [0.1, 0.15) is 6.04 Å². The van der Waals surface area contributed by atoms with Gasteiger partial charge in [0.25, 0.3) is 0 Å². The summed E-state index contributed by atoms with van der Waals surface area (Å²) in [4.78, 5) is 63.6. The van der Waals surface area contributed by atoms with E-state index >= 15 is 0 Å². The maximum Gasteiger partial charge on any atom is 0.325 e. The summed E-state index contributed by atoms with van der Waals surface area (Å²) in [6.07, 6.45) is 0. The molecule has 0 heterocycles. The van der Waals surface area contributed by atoms with Crippen LogP contribution in [0.3, 0.4) is 0 Å². The monoisotopic (exact) mass is 493 g/mol. The van der Waals surface area contributed by atoms with E-state index in [9.17, 15) is 29.1 Å². The van der Waals surface area contributed by atoms with Crippen molar-refractivity contribution < 1.29 is 52.8 Å². The number of aliphatic hydroxyl groups is 1. The normalized spacial score (nSPS) is 11.8. The van der Waals surface area contributed by atoms with Gasteiger partial charge in [0, 0.05) is 26.2 Å². The Bertz CT molecular complexity index is 594.